The molecule has 16 heteroatoms. The van der Waals surface area contributed by atoms with E-state index in [0.29, 0.717) is 153 Å². The minimum Gasteiger partial charge on any atom is -0.496 e. The second-order valence-electron chi connectivity index (χ2n) is 15.1. The quantitative estimate of drug-likeness (QED) is 0.122. The topological polar surface area (TPSA) is 131 Å². The maximum absolute atomic E-state index is 6.10. The molecule has 346 valence electrons. The molecule has 2 N–H and O–H groups in total. The predicted molar refractivity (Wildman–Crippen MR) is 284 cm³/mol. The smallest absolute Gasteiger partial charge is 0.130 e. The van der Waals surface area contributed by atoms with Gasteiger partial charge in [-0.15, -0.1) is 0 Å². The molecule has 2 aliphatic heterocycles. The lowest BCUT2D eigenvalue weighted by Crippen LogP contribution is -1.98. The summed E-state index contributed by atoms with van der Waals surface area (Å²) in [4.78, 5) is 18.8. The Morgan fingerprint density at radius 3 is 0.618 bits per heavy atom. The van der Waals surface area contributed by atoms with Crippen molar-refractivity contribution >= 4 is 104 Å². The van der Waals surface area contributed by atoms with E-state index in [0.717, 1.165) is 0 Å². The third kappa shape index (κ3) is 7.71. The van der Waals surface area contributed by atoms with Crippen molar-refractivity contribution in [3.05, 3.63) is 120 Å². The Labute approximate surface area is 425 Å². The van der Waals surface area contributed by atoms with Gasteiger partial charge in [0, 0.05) is 44.3 Å². The molecule has 0 atom stereocenters. The number of aromatic nitrogens is 4. The number of nitrogens with one attached hydrogen (secondary N) is 2. The Balaban J connectivity index is 1.64. The third-order valence-electron chi connectivity index (χ3n) is 11.8. The number of hydrogen-bond donors (Lipinski definition) is 2. The van der Waals surface area contributed by atoms with Crippen LogP contribution in [0.15, 0.2) is 97.1 Å². The van der Waals surface area contributed by atoms with Gasteiger partial charge in [-0.05, 0) is 137 Å². The molecule has 8 bridgehead atoms. The van der Waals surface area contributed by atoms with Crippen LogP contribution >= 0.6 is 63.7 Å². The number of hydrogen-bond acceptors (Lipinski definition) is 10. The molecule has 0 spiro atoms. The van der Waals surface area contributed by atoms with E-state index < -0.39 is 0 Å². The van der Waals surface area contributed by atoms with Crippen molar-refractivity contribution in [2.75, 3.05) is 56.9 Å². The molecule has 68 heavy (non-hydrogen) atoms. The average Bonchev–Trinajstić information content (AvgIpc) is 4.18. The monoisotopic (exact) mass is 1170 g/mol. The normalized spacial score (nSPS) is 12.3. The summed E-state index contributed by atoms with van der Waals surface area (Å²) < 4.78 is 51.5. The standard InChI is InChI=1S/C52H42Br4N4O8/c1-61-29-13-9-14-30(62-2)41(29)37-25-21-22-26(57-25)38(42-31(63-3)15-10-16-32(42)64-4)51-47(55)48(56)52(60-51)40(44-35(67-7)19-12-20-36(44)68-8)28-24-23-27(58-28)39(50-46(54)45(53)49(37)59-50)43-33(65-5)17-11-18-34(43)66-6/h9-24,57-58H,1-8H3. The summed E-state index contributed by atoms with van der Waals surface area (Å²) in [6.07, 6.45) is 0. The van der Waals surface area contributed by atoms with Gasteiger partial charge in [0.25, 0.3) is 0 Å². The number of fused-ring (bicyclic) bond motifs is 8. The lowest BCUT2D eigenvalue weighted by atomic mass is 10.0. The van der Waals surface area contributed by atoms with Crippen LogP contribution in [0.25, 0.3) is 84.5 Å². The van der Waals surface area contributed by atoms with Crippen molar-refractivity contribution in [3.63, 3.8) is 0 Å². The van der Waals surface area contributed by atoms with Gasteiger partial charge >= 0.3 is 0 Å². The first-order valence-electron chi connectivity index (χ1n) is 20.8. The van der Waals surface area contributed by atoms with Crippen molar-refractivity contribution in [3.8, 4) is 90.5 Å². The first kappa shape index (κ1) is 46.9. The Kier molecular flexibility index (Phi) is 13.4. The number of benzene rings is 4. The molecule has 9 rings (SSSR count). The van der Waals surface area contributed by atoms with Gasteiger partial charge in [0.2, 0.25) is 0 Å². The van der Waals surface area contributed by atoms with E-state index in [9.17, 15) is 0 Å². The number of methoxy groups -OCH3 is 8. The first-order chi connectivity index (χ1) is 33.1. The number of aromatic amines is 2. The Morgan fingerprint density at radius 1 is 0.279 bits per heavy atom. The average molecular weight is 1170 g/mol. The van der Waals surface area contributed by atoms with E-state index in [2.05, 4.69) is 73.7 Å². The van der Waals surface area contributed by atoms with Crippen LogP contribution in [0.1, 0.15) is 22.8 Å². The van der Waals surface area contributed by atoms with E-state index in [4.69, 9.17) is 47.9 Å². The molecule has 3 aromatic heterocycles. The SMILES string of the molecule is COc1cccc(OC)c1-c1c2nc(c(-c3c(OC)cccc3OC)c3ccc([nH]3)c(-c3c(OC)cccc3OC)c3nc(c(-c4c(OC)cccc4OC)c4ccc1[nH]4)C(Br)=C3Br)C(Br)=C2Br. The van der Waals surface area contributed by atoms with Gasteiger partial charge in [0.15, 0.2) is 0 Å². The summed E-state index contributed by atoms with van der Waals surface area (Å²) in [5.74, 6) is 4.46. The lowest BCUT2D eigenvalue weighted by molar-refractivity contribution is 0.397. The van der Waals surface area contributed by atoms with Crippen LogP contribution in [-0.4, -0.2) is 76.8 Å². The van der Waals surface area contributed by atoms with Gasteiger partial charge in [0.1, 0.15) is 46.0 Å². The van der Waals surface area contributed by atoms with Crippen LogP contribution in [-0.2, 0) is 0 Å². The number of ether oxygens (including phenoxy) is 8. The molecule has 0 radical (unpaired) electrons. The van der Waals surface area contributed by atoms with Gasteiger partial charge in [-0.1, -0.05) is 24.3 Å². The van der Waals surface area contributed by atoms with Crippen LogP contribution < -0.4 is 37.9 Å². The first-order valence-corrected chi connectivity index (χ1v) is 24.0. The van der Waals surface area contributed by atoms with Crippen molar-refractivity contribution in [1.82, 2.24) is 19.9 Å². The molecule has 0 fully saturated rings. The zero-order valence-electron chi connectivity index (χ0n) is 37.9. The second kappa shape index (κ2) is 19.4. The largest absolute Gasteiger partial charge is 0.496 e. The van der Waals surface area contributed by atoms with E-state index in [1.54, 1.807) is 56.9 Å². The summed E-state index contributed by atoms with van der Waals surface area (Å²) >= 11 is 16.1. The van der Waals surface area contributed by atoms with E-state index in [-0.39, 0.29) is 0 Å². The molecule has 5 heterocycles. The van der Waals surface area contributed by atoms with Crippen molar-refractivity contribution in [1.29, 1.82) is 0 Å². The zero-order valence-corrected chi connectivity index (χ0v) is 44.3. The summed E-state index contributed by atoms with van der Waals surface area (Å²) in [5.41, 5.74) is 10.2. The molecule has 2 aliphatic rings. The predicted octanol–water partition coefficient (Wildman–Crippen LogP) is 14.3. The molecular weight excluding hydrogens is 1130 g/mol. The highest BCUT2D eigenvalue weighted by molar-refractivity contribution is 9.18. The van der Waals surface area contributed by atoms with Gasteiger partial charge < -0.3 is 47.9 Å². The van der Waals surface area contributed by atoms with Crippen LogP contribution in [0.3, 0.4) is 0 Å². The summed E-state index contributed by atoms with van der Waals surface area (Å²) in [5, 5.41) is 0. The maximum Gasteiger partial charge on any atom is 0.130 e. The van der Waals surface area contributed by atoms with Crippen molar-refractivity contribution < 1.29 is 37.9 Å². The van der Waals surface area contributed by atoms with Crippen molar-refractivity contribution in [2.45, 2.75) is 0 Å². The zero-order chi connectivity index (χ0) is 48.0. The Morgan fingerprint density at radius 2 is 0.456 bits per heavy atom. The number of halogens is 4. The second-order valence-corrected chi connectivity index (χ2v) is 18.3. The molecule has 12 nitrogen and oxygen atoms in total. The fraction of sp³-hybridized carbons (Fsp3) is 0.154. The van der Waals surface area contributed by atoms with E-state index in [1.165, 1.54) is 0 Å². The number of H-pyrrole nitrogens is 2. The minimum atomic E-state index is 0.557. The van der Waals surface area contributed by atoms with Gasteiger partial charge in [-0.25, -0.2) is 9.97 Å². The van der Waals surface area contributed by atoms with Crippen molar-refractivity contribution in [2.24, 2.45) is 0 Å². The Bertz CT molecular complexity index is 2890. The molecule has 0 saturated carbocycles. The fourth-order valence-corrected chi connectivity index (χ4v) is 10.7. The molecule has 7 aromatic rings. The molecule has 0 aliphatic carbocycles. The van der Waals surface area contributed by atoms with Gasteiger partial charge in [-0.2, -0.15) is 0 Å². The van der Waals surface area contributed by atoms with E-state index in [1.807, 2.05) is 97.1 Å². The van der Waals surface area contributed by atoms with Gasteiger partial charge in [-0.3, -0.25) is 0 Å². The van der Waals surface area contributed by atoms with Crippen LogP contribution in [0.2, 0.25) is 0 Å². The summed E-state index contributed by atoms with van der Waals surface area (Å²) in [6.45, 7) is 0. The van der Waals surface area contributed by atoms with Gasteiger partial charge in [0.05, 0.1) is 120 Å². The summed E-state index contributed by atoms with van der Waals surface area (Å²) in [7, 11) is 13.0. The van der Waals surface area contributed by atoms with Crippen LogP contribution in [0.5, 0.6) is 46.0 Å². The molecule has 0 unspecified atom stereocenters. The highest BCUT2D eigenvalue weighted by Crippen LogP contribution is 2.55. The molecule has 0 amide bonds. The third-order valence-corrected chi connectivity index (χ3v) is 15.9. The van der Waals surface area contributed by atoms with Crippen LogP contribution in [0, 0.1) is 0 Å². The molecule has 0 saturated heterocycles. The highest BCUT2D eigenvalue weighted by Gasteiger charge is 2.33. The molecular formula is C52H42Br4N4O8. The molecule has 4 aromatic carbocycles. The highest BCUT2D eigenvalue weighted by atomic mass is 79.9. The van der Waals surface area contributed by atoms with Crippen LogP contribution in [0.4, 0.5) is 0 Å². The van der Waals surface area contributed by atoms with E-state index >= 15 is 0 Å². The fourth-order valence-electron chi connectivity index (χ4n) is 8.78. The maximum atomic E-state index is 6.10. The number of rotatable bonds is 12. The Hall–Kier alpha value is -6.20. The minimum absolute atomic E-state index is 0.557. The lowest BCUT2D eigenvalue weighted by Gasteiger charge is -2.16. The number of nitrogens with zero attached hydrogens (tertiary/aromatic N) is 2. The summed E-state index contributed by atoms with van der Waals surface area (Å²) in [6, 6.07) is 30.7.